The normalized spacial score (nSPS) is 16.4. The Balaban J connectivity index is 2.03. The largest absolute Gasteiger partial charge is 0.308 e. The summed E-state index contributed by atoms with van der Waals surface area (Å²) in [5.74, 6) is 8.27. The van der Waals surface area contributed by atoms with Crippen molar-refractivity contribution in [3.8, 4) is 0 Å². The lowest BCUT2D eigenvalue weighted by Gasteiger charge is -2.12. The van der Waals surface area contributed by atoms with Gasteiger partial charge in [-0.3, -0.25) is 0 Å². The molecule has 0 radical (unpaired) electrons. The molecule has 1 aliphatic rings. The predicted molar refractivity (Wildman–Crippen MR) is 71.9 cm³/mol. The van der Waals surface area contributed by atoms with Crippen molar-refractivity contribution in [2.24, 2.45) is 11.8 Å². The van der Waals surface area contributed by atoms with Crippen LogP contribution in [0.15, 0.2) is 11.4 Å². The quantitative estimate of drug-likeness (QED) is 0.365. The lowest BCUT2D eigenvalue weighted by atomic mass is 10.1. The van der Waals surface area contributed by atoms with Gasteiger partial charge in [-0.2, -0.15) is 0 Å². The first-order chi connectivity index (χ1) is 8.35. The van der Waals surface area contributed by atoms with Crippen molar-refractivity contribution >= 4 is 17.6 Å². The number of hydrazine groups is 1. The van der Waals surface area contributed by atoms with Crippen molar-refractivity contribution < 1.29 is 0 Å². The lowest BCUT2D eigenvalue weighted by Crippen LogP contribution is -2.12. The second-order valence-electron chi connectivity index (χ2n) is 4.47. The molecule has 94 valence electrons. The Kier molecular flexibility index (Phi) is 4.62. The van der Waals surface area contributed by atoms with Crippen LogP contribution < -0.4 is 11.3 Å². The van der Waals surface area contributed by atoms with E-state index in [1.54, 1.807) is 6.33 Å². The molecular formula is C12H20N4S. The molecule has 0 spiro atoms. The first kappa shape index (κ1) is 12.6. The van der Waals surface area contributed by atoms with Crippen molar-refractivity contribution in [1.82, 2.24) is 9.97 Å². The molecule has 1 aromatic heterocycles. The molecule has 0 aromatic carbocycles. The number of rotatable bonds is 5. The number of hydrogen-bond acceptors (Lipinski definition) is 5. The highest BCUT2D eigenvalue weighted by Gasteiger charge is 2.17. The van der Waals surface area contributed by atoms with E-state index in [2.05, 4.69) is 22.3 Å². The van der Waals surface area contributed by atoms with E-state index in [0.717, 1.165) is 28.7 Å². The zero-order valence-corrected chi connectivity index (χ0v) is 11.1. The van der Waals surface area contributed by atoms with Gasteiger partial charge in [0.15, 0.2) is 0 Å². The van der Waals surface area contributed by atoms with Crippen molar-refractivity contribution in [2.75, 3.05) is 11.2 Å². The Morgan fingerprint density at radius 3 is 2.82 bits per heavy atom. The SMILES string of the molecule is CCc1c(NN)ncnc1SCC1CCCC1. The number of nitrogen functional groups attached to an aromatic ring is 1. The Hall–Kier alpha value is -0.810. The number of nitrogens with one attached hydrogen (secondary N) is 1. The van der Waals surface area contributed by atoms with Crippen LogP contribution in [-0.4, -0.2) is 15.7 Å². The second kappa shape index (κ2) is 6.21. The molecule has 1 fully saturated rings. The molecule has 0 amide bonds. The van der Waals surface area contributed by atoms with Crippen LogP contribution in [-0.2, 0) is 6.42 Å². The zero-order chi connectivity index (χ0) is 12.1. The maximum Gasteiger partial charge on any atom is 0.147 e. The molecule has 0 unspecified atom stereocenters. The fourth-order valence-corrected chi connectivity index (χ4v) is 3.60. The molecule has 2 rings (SSSR count). The van der Waals surface area contributed by atoms with Gasteiger partial charge < -0.3 is 5.43 Å². The monoisotopic (exact) mass is 252 g/mol. The average molecular weight is 252 g/mol. The maximum atomic E-state index is 5.46. The first-order valence-electron chi connectivity index (χ1n) is 6.28. The van der Waals surface area contributed by atoms with Gasteiger partial charge in [-0.25, -0.2) is 15.8 Å². The minimum absolute atomic E-state index is 0.761. The van der Waals surface area contributed by atoms with Crippen molar-refractivity contribution in [1.29, 1.82) is 0 Å². The maximum absolute atomic E-state index is 5.46. The zero-order valence-electron chi connectivity index (χ0n) is 10.3. The second-order valence-corrected chi connectivity index (χ2v) is 5.47. The molecule has 0 saturated heterocycles. The van der Waals surface area contributed by atoms with Crippen molar-refractivity contribution in [3.05, 3.63) is 11.9 Å². The van der Waals surface area contributed by atoms with E-state index in [4.69, 9.17) is 5.84 Å². The van der Waals surface area contributed by atoms with E-state index < -0.39 is 0 Å². The molecule has 17 heavy (non-hydrogen) atoms. The number of nitrogens with zero attached hydrogens (tertiary/aromatic N) is 2. The molecule has 0 aliphatic heterocycles. The highest BCUT2D eigenvalue weighted by molar-refractivity contribution is 7.99. The number of thioether (sulfide) groups is 1. The summed E-state index contributed by atoms with van der Waals surface area (Å²) in [6.07, 6.45) is 8.04. The number of nitrogens with two attached hydrogens (primary N) is 1. The third-order valence-corrected chi connectivity index (χ3v) is 4.59. The van der Waals surface area contributed by atoms with E-state index >= 15 is 0 Å². The van der Waals surface area contributed by atoms with E-state index in [-0.39, 0.29) is 0 Å². The average Bonchev–Trinajstić information content (AvgIpc) is 2.88. The molecule has 4 nitrogen and oxygen atoms in total. The Labute approximate surface area is 107 Å². The number of anilines is 1. The van der Waals surface area contributed by atoms with Gasteiger partial charge in [0.1, 0.15) is 17.2 Å². The van der Waals surface area contributed by atoms with E-state index in [1.165, 1.54) is 31.4 Å². The van der Waals surface area contributed by atoms with E-state index in [9.17, 15) is 0 Å². The summed E-state index contributed by atoms with van der Waals surface area (Å²) < 4.78 is 0. The molecule has 3 N–H and O–H groups in total. The van der Waals surface area contributed by atoms with Crippen LogP contribution in [0.1, 0.15) is 38.2 Å². The van der Waals surface area contributed by atoms with Crippen molar-refractivity contribution in [2.45, 2.75) is 44.1 Å². The van der Waals surface area contributed by atoms with Crippen LogP contribution in [0.25, 0.3) is 0 Å². The standard InChI is InChI=1S/C12H20N4S/c1-2-10-11(16-13)14-8-15-12(10)17-7-9-5-3-4-6-9/h8-9H,2-7,13H2,1H3,(H,14,15,16). The Bertz CT molecular complexity index is 364. The van der Waals surface area contributed by atoms with Gasteiger partial charge >= 0.3 is 0 Å². The molecule has 1 saturated carbocycles. The van der Waals surface area contributed by atoms with Crippen LogP contribution >= 0.6 is 11.8 Å². The molecular weight excluding hydrogens is 232 g/mol. The van der Waals surface area contributed by atoms with Gasteiger partial charge in [0.05, 0.1) is 0 Å². The fraction of sp³-hybridized carbons (Fsp3) is 0.667. The van der Waals surface area contributed by atoms with Crippen molar-refractivity contribution in [3.63, 3.8) is 0 Å². The van der Waals surface area contributed by atoms with Gasteiger partial charge in [-0.1, -0.05) is 19.8 Å². The molecule has 1 aliphatic carbocycles. The summed E-state index contributed by atoms with van der Waals surface area (Å²) in [7, 11) is 0. The molecule has 0 atom stereocenters. The highest BCUT2D eigenvalue weighted by Crippen LogP contribution is 2.32. The summed E-state index contributed by atoms with van der Waals surface area (Å²) in [5, 5.41) is 1.09. The van der Waals surface area contributed by atoms with Crippen LogP contribution in [0.4, 0.5) is 5.82 Å². The summed E-state index contributed by atoms with van der Waals surface area (Å²) >= 11 is 1.85. The fourth-order valence-electron chi connectivity index (χ4n) is 2.34. The highest BCUT2D eigenvalue weighted by atomic mass is 32.2. The molecule has 1 heterocycles. The van der Waals surface area contributed by atoms with Crippen LogP contribution in [0, 0.1) is 5.92 Å². The number of hydrogen-bond donors (Lipinski definition) is 2. The minimum Gasteiger partial charge on any atom is -0.308 e. The van der Waals surface area contributed by atoms with Gasteiger partial charge in [-0.05, 0) is 25.2 Å². The Morgan fingerprint density at radius 1 is 1.41 bits per heavy atom. The third-order valence-electron chi connectivity index (χ3n) is 3.33. The molecule has 5 heteroatoms. The van der Waals surface area contributed by atoms with Gasteiger partial charge in [-0.15, -0.1) is 11.8 Å². The smallest absolute Gasteiger partial charge is 0.147 e. The van der Waals surface area contributed by atoms with E-state index in [0.29, 0.717) is 0 Å². The van der Waals surface area contributed by atoms with Gasteiger partial charge in [0.2, 0.25) is 0 Å². The topological polar surface area (TPSA) is 63.8 Å². The molecule has 0 bridgehead atoms. The number of aromatic nitrogens is 2. The Morgan fingerprint density at radius 2 is 2.18 bits per heavy atom. The third kappa shape index (κ3) is 3.10. The minimum atomic E-state index is 0.761. The van der Waals surface area contributed by atoms with Crippen LogP contribution in [0.3, 0.4) is 0 Å². The lowest BCUT2D eigenvalue weighted by molar-refractivity contribution is 0.622. The van der Waals surface area contributed by atoms with Crippen LogP contribution in [0.2, 0.25) is 0 Å². The summed E-state index contributed by atoms with van der Waals surface area (Å²) in [5.41, 5.74) is 3.79. The van der Waals surface area contributed by atoms with Gasteiger partial charge in [0, 0.05) is 11.3 Å². The van der Waals surface area contributed by atoms with Crippen LogP contribution in [0.5, 0.6) is 0 Å². The first-order valence-corrected chi connectivity index (χ1v) is 7.27. The van der Waals surface area contributed by atoms with Gasteiger partial charge in [0.25, 0.3) is 0 Å². The summed E-state index contributed by atoms with van der Waals surface area (Å²) in [4.78, 5) is 8.52. The summed E-state index contributed by atoms with van der Waals surface area (Å²) in [6, 6.07) is 0. The predicted octanol–water partition coefficient (Wildman–Crippen LogP) is 2.61. The van der Waals surface area contributed by atoms with E-state index in [1.807, 2.05) is 11.8 Å². The molecule has 1 aromatic rings. The summed E-state index contributed by atoms with van der Waals surface area (Å²) in [6.45, 7) is 2.11.